The van der Waals surface area contributed by atoms with Crippen molar-refractivity contribution in [3.8, 4) is 0 Å². The number of hydrogen-bond donors (Lipinski definition) is 2. The number of amides is 1. The number of halogens is 2. The third-order valence-electron chi connectivity index (χ3n) is 3.97. The summed E-state index contributed by atoms with van der Waals surface area (Å²) in [6.07, 6.45) is 6.16. The number of unbranched alkanes of at least 4 members (excludes halogenated alkanes) is 1. The van der Waals surface area contributed by atoms with Gasteiger partial charge in [-0.1, -0.05) is 29.6 Å². The number of carbonyl (C=O) groups excluding carboxylic acids is 1. The molecule has 4 nitrogen and oxygen atoms in total. The van der Waals surface area contributed by atoms with Crippen LogP contribution in [0, 0.1) is 0 Å². The maximum atomic E-state index is 11.5. The van der Waals surface area contributed by atoms with E-state index in [9.17, 15) is 4.79 Å². The molecule has 0 unspecified atom stereocenters. The van der Waals surface area contributed by atoms with E-state index in [1.807, 2.05) is 0 Å². The van der Waals surface area contributed by atoms with E-state index in [2.05, 4.69) is 10.2 Å². The highest BCUT2D eigenvalue weighted by Gasteiger charge is 2.14. The van der Waals surface area contributed by atoms with Crippen LogP contribution in [-0.2, 0) is 0 Å². The molecule has 1 fully saturated rings. The Morgan fingerprint density at radius 3 is 2.59 bits per heavy atom. The van der Waals surface area contributed by atoms with Gasteiger partial charge >= 0.3 is 0 Å². The van der Waals surface area contributed by atoms with Crippen molar-refractivity contribution >= 4 is 34.8 Å². The van der Waals surface area contributed by atoms with Crippen LogP contribution in [0.2, 0.25) is 10.0 Å². The molecule has 122 valence electrons. The van der Waals surface area contributed by atoms with Crippen LogP contribution in [0.15, 0.2) is 12.1 Å². The van der Waals surface area contributed by atoms with Gasteiger partial charge in [-0.3, -0.25) is 4.79 Å². The second-order valence-electron chi connectivity index (χ2n) is 5.71. The Kier molecular flexibility index (Phi) is 6.80. The van der Waals surface area contributed by atoms with Gasteiger partial charge < -0.3 is 16.0 Å². The van der Waals surface area contributed by atoms with E-state index in [0.29, 0.717) is 16.3 Å². The summed E-state index contributed by atoms with van der Waals surface area (Å²) in [5, 5.41) is 4.01. The largest absolute Gasteiger partial charge is 0.384 e. The molecular formula is C16H23Cl2N3O. The molecule has 3 N–H and O–H groups in total. The van der Waals surface area contributed by atoms with E-state index < -0.39 is 5.91 Å². The second-order valence-corrected chi connectivity index (χ2v) is 6.55. The summed E-state index contributed by atoms with van der Waals surface area (Å²) in [6.45, 7) is 4.36. The number of rotatable bonds is 7. The van der Waals surface area contributed by atoms with E-state index in [-0.39, 0.29) is 5.02 Å². The van der Waals surface area contributed by atoms with Gasteiger partial charge in [-0.25, -0.2) is 0 Å². The van der Waals surface area contributed by atoms with Crippen LogP contribution < -0.4 is 11.1 Å². The van der Waals surface area contributed by atoms with Crippen LogP contribution in [0.25, 0.3) is 0 Å². The molecule has 6 heteroatoms. The first kappa shape index (κ1) is 17.4. The smallest absolute Gasteiger partial charge is 0.252 e. The Balaban J connectivity index is 1.80. The Labute approximate surface area is 141 Å². The molecule has 1 amide bonds. The molecule has 0 atom stereocenters. The maximum Gasteiger partial charge on any atom is 0.252 e. The lowest BCUT2D eigenvalue weighted by atomic mass is 10.1. The summed E-state index contributed by atoms with van der Waals surface area (Å²) >= 11 is 12.0. The van der Waals surface area contributed by atoms with Crippen LogP contribution in [-0.4, -0.2) is 37.0 Å². The van der Waals surface area contributed by atoms with Crippen LogP contribution in [0.5, 0.6) is 0 Å². The summed E-state index contributed by atoms with van der Waals surface area (Å²) in [4.78, 5) is 14.0. The van der Waals surface area contributed by atoms with Gasteiger partial charge in [0.2, 0.25) is 0 Å². The van der Waals surface area contributed by atoms with Crippen molar-refractivity contribution in [2.75, 3.05) is 31.5 Å². The first-order valence-corrected chi connectivity index (χ1v) is 8.58. The zero-order chi connectivity index (χ0) is 15.9. The molecule has 2 rings (SSSR count). The number of benzene rings is 1. The first-order valence-electron chi connectivity index (χ1n) is 7.83. The molecule has 0 aliphatic carbocycles. The summed E-state index contributed by atoms with van der Waals surface area (Å²) in [7, 11) is 0. The molecule has 0 saturated carbocycles. The number of nitrogens with one attached hydrogen (secondary N) is 1. The van der Waals surface area contributed by atoms with Crippen molar-refractivity contribution in [1.82, 2.24) is 4.90 Å². The Hall–Kier alpha value is -0.970. The van der Waals surface area contributed by atoms with E-state index in [1.165, 1.54) is 38.4 Å². The zero-order valence-corrected chi connectivity index (χ0v) is 14.2. The predicted molar refractivity (Wildman–Crippen MR) is 93.0 cm³/mol. The highest BCUT2D eigenvalue weighted by atomic mass is 35.5. The van der Waals surface area contributed by atoms with Gasteiger partial charge in [-0.15, -0.1) is 0 Å². The van der Waals surface area contributed by atoms with Crippen molar-refractivity contribution in [2.24, 2.45) is 5.73 Å². The summed E-state index contributed by atoms with van der Waals surface area (Å²) in [5.41, 5.74) is 6.30. The minimum atomic E-state index is -0.544. The van der Waals surface area contributed by atoms with Crippen LogP contribution in [0.3, 0.4) is 0 Å². The number of carbonyl (C=O) groups is 1. The Bertz CT molecular complexity index is 516. The predicted octanol–water partition coefficient (Wildman–Crippen LogP) is 3.77. The fraction of sp³-hybridized carbons (Fsp3) is 0.562. The molecule has 1 aromatic rings. The molecule has 1 saturated heterocycles. The topological polar surface area (TPSA) is 58.4 Å². The normalized spacial score (nSPS) is 15.7. The first-order chi connectivity index (χ1) is 10.6. The van der Waals surface area contributed by atoms with Crippen LogP contribution in [0.4, 0.5) is 5.69 Å². The molecule has 0 bridgehead atoms. The SMILES string of the molecule is NC(=O)c1c(Cl)cc(Cl)cc1NCCCCN1CCCCC1. The summed E-state index contributed by atoms with van der Waals surface area (Å²) in [6, 6.07) is 3.23. The monoisotopic (exact) mass is 343 g/mol. The van der Waals surface area contributed by atoms with E-state index in [4.69, 9.17) is 28.9 Å². The lowest BCUT2D eigenvalue weighted by Gasteiger charge is -2.26. The number of anilines is 1. The van der Waals surface area contributed by atoms with Crippen molar-refractivity contribution < 1.29 is 4.79 Å². The van der Waals surface area contributed by atoms with Gasteiger partial charge in [0.15, 0.2) is 0 Å². The molecule has 0 radical (unpaired) electrons. The van der Waals surface area contributed by atoms with Crippen LogP contribution >= 0.6 is 23.2 Å². The maximum absolute atomic E-state index is 11.5. The number of piperidine rings is 1. The van der Waals surface area contributed by atoms with E-state index in [0.717, 1.165) is 25.9 Å². The Morgan fingerprint density at radius 2 is 1.91 bits per heavy atom. The fourth-order valence-corrected chi connectivity index (χ4v) is 3.42. The van der Waals surface area contributed by atoms with E-state index >= 15 is 0 Å². The van der Waals surface area contributed by atoms with Gasteiger partial charge in [0.25, 0.3) is 5.91 Å². The minimum Gasteiger partial charge on any atom is -0.384 e. The molecule has 0 spiro atoms. The van der Waals surface area contributed by atoms with Gasteiger partial charge in [0, 0.05) is 17.3 Å². The molecule has 1 aromatic carbocycles. The molecule has 1 heterocycles. The van der Waals surface area contributed by atoms with Gasteiger partial charge in [-0.2, -0.15) is 0 Å². The average molecular weight is 344 g/mol. The lowest BCUT2D eigenvalue weighted by Crippen LogP contribution is -2.30. The number of likely N-dealkylation sites (tertiary alicyclic amines) is 1. The number of hydrogen-bond acceptors (Lipinski definition) is 3. The van der Waals surface area contributed by atoms with Gasteiger partial charge in [0.05, 0.1) is 10.6 Å². The highest BCUT2D eigenvalue weighted by Crippen LogP contribution is 2.28. The van der Waals surface area contributed by atoms with E-state index in [1.54, 1.807) is 6.07 Å². The quantitative estimate of drug-likeness (QED) is 0.741. The average Bonchev–Trinajstić information content (AvgIpc) is 2.46. The lowest BCUT2D eigenvalue weighted by molar-refractivity contribution is 0.100. The summed E-state index contributed by atoms with van der Waals surface area (Å²) in [5.74, 6) is -0.544. The number of primary amides is 1. The van der Waals surface area contributed by atoms with Crippen molar-refractivity contribution in [2.45, 2.75) is 32.1 Å². The van der Waals surface area contributed by atoms with Gasteiger partial charge in [0.1, 0.15) is 0 Å². The molecule has 1 aliphatic rings. The number of nitrogens with zero attached hydrogens (tertiary/aromatic N) is 1. The number of nitrogens with two attached hydrogens (primary N) is 1. The van der Waals surface area contributed by atoms with Crippen molar-refractivity contribution in [1.29, 1.82) is 0 Å². The van der Waals surface area contributed by atoms with Crippen molar-refractivity contribution in [3.05, 3.63) is 27.7 Å². The summed E-state index contributed by atoms with van der Waals surface area (Å²) < 4.78 is 0. The third kappa shape index (κ3) is 5.04. The third-order valence-corrected chi connectivity index (χ3v) is 4.48. The zero-order valence-electron chi connectivity index (χ0n) is 12.7. The minimum absolute atomic E-state index is 0.288. The molecule has 1 aliphatic heterocycles. The highest BCUT2D eigenvalue weighted by molar-refractivity contribution is 6.37. The Morgan fingerprint density at radius 1 is 1.18 bits per heavy atom. The molecular weight excluding hydrogens is 321 g/mol. The van der Waals surface area contributed by atoms with Crippen LogP contribution in [0.1, 0.15) is 42.5 Å². The molecule has 22 heavy (non-hydrogen) atoms. The standard InChI is InChI=1S/C16H23Cl2N3O/c17-12-10-13(18)15(16(19)22)14(11-12)20-6-2-5-9-21-7-3-1-4-8-21/h10-11,20H,1-9H2,(H2,19,22). The van der Waals surface area contributed by atoms with Crippen molar-refractivity contribution in [3.63, 3.8) is 0 Å². The second kappa shape index (κ2) is 8.61. The molecule has 0 aromatic heterocycles. The van der Waals surface area contributed by atoms with Gasteiger partial charge in [-0.05, 0) is 57.5 Å². The fourth-order valence-electron chi connectivity index (χ4n) is 2.83.